The minimum absolute atomic E-state index is 0.503. The molecule has 4 rings (SSSR count). The van der Waals surface area contributed by atoms with Crippen LogP contribution in [-0.2, 0) is 0 Å². The lowest BCUT2D eigenvalue weighted by atomic mass is 10.1. The highest BCUT2D eigenvalue weighted by Gasteiger charge is 2.26. The Morgan fingerprint density at radius 3 is 2.21 bits per heavy atom. The number of rotatable bonds is 9. The van der Waals surface area contributed by atoms with E-state index in [-0.39, 0.29) is 0 Å². The van der Waals surface area contributed by atoms with Crippen LogP contribution in [0.1, 0.15) is 20.8 Å². The molecular formula is C25H32N4O4. The second kappa shape index (κ2) is 10.5. The average molecular weight is 453 g/mol. The van der Waals surface area contributed by atoms with Gasteiger partial charge in [0.2, 0.25) is 5.75 Å². The highest BCUT2D eigenvalue weighted by atomic mass is 16.5. The number of anilines is 2. The van der Waals surface area contributed by atoms with Crippen LogP contribution in [0, 0.1) is 0 Å². The van der Waals surface area contributed by atoms with Gasteiger partial charge in [-0.05, 0) is 32.9 Å². The molecule has 2 aromatic carbocycles. The average Bonchev–Trinajstić information content (AvgIpc) is 2.86. The van der Waals surface area contributed by atoms with Crippen molar-refractivity contribution in [1.29, 1.82) is 0 Å². The fraction of sp³-hybridized carbons (Fsp3) is 0.440. The molecule has 1 aliphatic rings. The fourth-order valence-electron chi connectivity index (χ4n) is 4.18. The van der Waals surface area contributed by atoms with Crippen LogP contribution < -0.4 is 28.7 Å². The molecule has 0 spiro atoms. The Morgan fingerprint density at radius 2 is 1.52 bits per heavy atom. The largest absolute Gasteiger partial charge is 0.497 e. The molecule has 0 radical (unpaired) electrons. The van der Waals surface area contributed by atoms with Gasteiger partial charge in [0.25, 0.3) is 0 Å². The normalized spacial score (nSPS) is 13.8. The van der Waals surface area contributed by atoms with E-state index in [0.29, 0.717) is 37.1 Å². The zero-order chi connectivity index (χ0) is 23.2. The van der Waals surface area contributed by atoms with Gasteiger partial charge in [0.15, 0.2) is 11.5 Å². The van der Waals surface area contributed by atoms with E-state index >= 15 is 0 Å². The van der Waals surface area contributed by atoms with Crippen LogP contribution in [0.5, 0.6) is 23.0 Å². The molecule has 1 fully saturated rings. The number of fused-ring (bicyclic) bond motifs is 1. The second-order valence-electron chi connectivity index (χ2n) is 7.60. The van der Waals surface area contributed by atoms with E-state index in [1.54, 1.807) is 13.4 Å². The highest BCUT2D eigenvalue weighted by Crippen LogP contribution is 2.46. The summed E-state index contributed by atoms with van der Waals surface area (Å²) in [5.41, 5.74) is 1.95. The zero-order valence-corrected chi connectivity index (χ0v) is 19.8. The van der Waals surface area contributed by atoms with E-state index in [1.807, 2.05) is 39.0 Å². The summed E-state index contributed by atoms with van der Waals surface area (Å²) in [6, 6.07) is 10.1. The van der Waals surface area contributed by atoms with Crippen molar-refractivity contribution in [2.45, 2.75) is 20.8 Å². The van der Waals surface area contributed by atoms with Gasteiger partial charge in [-0.1, -0.05) is 6.07 Å². The summed E-state index contributed by atoms with van der Waals surface area (Å²) in [7, 11) is 1.70. The number of nitrogens with zero attached hydrogens (tertiary/aromatic N) is 4. The lowest BCUT2D eigenvalue weighted by molar-refractivity contribution is 0.263. The van der Waals surface area contributed by atoms with Crippen LogP contribution in [-0.4, -0.2) is 63.1 Å². The minimum Gasteiger partial charge on any atom is -0.497 e. The molecule has 176 valence electrons. The molecule has 0 saturated carbocycles. The molecule has 1 aromatic heterocycles. The quantitative estimate of drug-likeness (QED) is 0.479. The maximum Gasteiger partial charge on any atom is 0.204 e. The number of methoxy groups -OCH3 is 1. The van der Waals surface area contributed by atoms with Gasteiger partial charge in [0, 0.05) is 44.0 Å². The first-order chi connectivity index (χ1) is 16.2. The molecule has 0 amide bonds. The van der Waals surface area contributed by atoms with Gasteiger partial charge >= 0.3 is 0 Å². The number of hydrogen-bond acceptors (Lipinski definition) is 8. The van der Waals surface area contributed by atoms with E-state index in [4.69, 9.17) is 18.9 Å². The monoisotopic (exact) mass is 452 g/mol. The van der Waals surface area contributed by atoms with Crippen LogP contribution in [0.15, 0.2) is 36.7 Å². The van der Waals surface area contributed by atoms with E-state index in [1.165, 1.54) is 0 Å². The smallest absolute Gasteiger partial charge is 0.204 e. The Bertz CT molecular complexity index is 1080. The topological polar surface area (TPSA) is 69.2 Å². The number of aromatic nitrogens is 2. The number of piperazine rings is 1. The predicted octanol–water partition coefficient (Wildman–Crippen LogP) is 4.16. The summed E-state index contributed by atoms with van der Waals surface area (Å²) in [6.07, 6.45) is 1.61. The Labute approximate surface area is 195 Å². The lowest BCUT2D eigenvalue weighted by Crippen LogP contribution is -2.47. The van der Waals surface area contributed by atoms with E-state index in [9.17, 15) is 0 Å². The summed E-state index contributed by atoms with van der Waals surface area (Å²) in [5, 5.41) is 0.862. The van der Waals surface area contributed by atoms with Gasteiger partial charge in [0.1, 0.15) is 17.9 Å². The van der Waals surface area contributed by atoms with Crippen molar-refractivity contribution < 1.29 is 18.9 Å². The maximum atomic E-state index is 6.10. The molecule has 0 bridgehead atoms. The van der Waals surface area contributed by atoms with Crippen LogP contribution in [0.25, 0.3) is 10.9 Å². The highest BCUT2D eigenvalue weighted by molar-refractivity contribution is 5.98. The summed E-state index contributed by atoms with van der Waals surface area (Å²) in [5.74, 6) is 3.62. The number of benzene rings is 2. The summed E-state index contributed by atoms with van der Waals surface area (Å²) in [4.78, 5) is 13.9. The van der Waals surface area contributed by atoms with Gasteiger partial charge in [-0.15, -0.1) is 0 Å². The van der Waals surface area contributed by atoms with Crippen molar-refractivity contribution in [1.82, 2.24) is 9.97 Å². The van der Waals surface area contributed by atoms with Crippen LogP contribution >= 0.6 is 0 Å². The molecule has 3 aromatic rings. The molecule has 1 saturated heterocycles. The van der Waals surface area contributed by atoms with Crippen LogP contribution in [0.3, 0.4) is 0 Å². The van der Waals surface area contributed by atoms with Crippen LogP contribution in [0.4, 0.5) is 11.5 Å². The van der Waals surface area contributed by atoms with E-state index < -0.39 is 0 Å². The first-order valence-electron chi connectivity index (χ1n) is 11.5. The van der Waals surface area contributed by atoms with E-state index in [2.05, 4.69) is 31.9 Å². The fourth-order valence-corrected chi connectivity index (χ4v) is 4.18. The third-order valence-electron chi connectivity index (χ3n) is 5.66. The third-order valence-corrected chi connectivity index (χ3v) is 5.66. The van der Waals surface area contributed by atoms with Gasteiger partial charge in [-0.25, -0.2) is 9.97 Å². The van der Waals surface area contributed by atoms with Gasteiger partial charge < -0.3 is 28.7 Å². The Hall–Kier alpha value is -3.42. The Balaban J connectivity index is 1.68. The van der Waals surface area contributed by atoms with Crippen molar-refractivity contribution in [3.8, 4) is 23.0 Å². The standard InChI is InChI=1S/C25H32N4O4/c1-5-31-21-16-20-22(24(33-7-3)23(21)32-6-2)25(27-17-26-20)29-13-11-28(12-14-29)18-9-8-10-19(15-18)30-4/h8-10,15-17H,5-7,11-14H2,1-4H3. The summed E-state index contributed by atoms with van der Waals surface area (Å²) >= 11 is 0. The van der Waals surface area contributed by atoms with Crippen molar-refractivity contribution in [2.75, 3.05) is 62.9 Å². The first-order valence-corrected chi connectivity index (χ1v) is 11.5. The molecule has 8 heteroatoms. The SMILES string of the molecule is CCOc1cc2ncnc(N3CCN(c4cccc(OC)c4)CC3)c2c(OCC)c1OCC. The van der Waals surface area contributed by atoms with Crippen molar-refractivity contribution in [3.63, 3.8) is 0 Å². The summed E-state index contributed by atoms with van der Waals surface area (Å²) in [6.45, 7) is 10.8. The van der Waals surface area contributed by atoms with Gasteiger partial charge in [0.05, 0.1) is 37.8 Å². The lowest BCUT2D eigenvalue weighted by Gasteiger charge is -2.37. The predicted molar refractivity (Wildman–Crippen MR) is 130 cm³/mol. The minimum atomic E-state index is 0.503. The molecule has 8 nitrogen and oxygen atoms in total. The first kappa shape index (κ1) is 22.8. The summed E-state index contributed by atoms with van der Waals surface area (Å²) < 4.78 is 23.3. The second-order valence-corrected chi connectivity index (χ2v) is 7.60. The Morgan fingerprint density at radius 1 is 0.818 bits per heavy atom. The van der Waals surface area contributed by atoms with Crippen molar-refractivity contribution in [2.24, 2.45) is 0 Å². The molecular weight excluding hydrogens is 420 g/mol. The molecule has 0 aliphatic carbocycles. The number of ether oxygens (including phenoxy) is 4. The molecule has 0 N–H and O–H groups in total. The Kier molecular flexibility index (Phi) is 7.22. The molecule has 0 atom stereocenters. The molecule has 2 heterocycles. The molecule has 33 heavy (non-hydrogen) atoms. The van der Waals surface area contributed by atoms with Gasteiger partial charge in [-0.2, -0.15) is 0 Å². The van der Waals surface area contributed by atoms with E-state index in [0.717, 1.165) is 54.3 Å². The van der Waals surface area contributed by atoms with Gasteiger partial charge in [-0.3, -0.25) is 0 Å². The zero-order valence-electron chi connectivity index (χ0n) is 19.8. The third kappa shape index (κ3) is 4.69. The number of hydrogen-bond donors (Lipinski definition) is 0. The molecule has 1 aliphatic heterocycles. The van der Waals surface area contributed by atoms with Crippen molar-refractivity contribution in [3.05, 3.63) is 36.7 Å². The maximum absolute atomic E-state index is 6.10. The van der Waals surface area contributed by atoms with Crippen molar-refractivity contribution >= 4 is 22.4 Å². The van der Waals surface area contributed by atoms with Crippen LogP contribution in [0.2, 0.25) is 0 Å². The molecule has 0 unspecified atom stereocenters.